The van der Waals surface area contributed by atoms with E-state index in [1.54, 1.807) is 11.1 Å². The van der Waals surface area contributed by atoms with Gasteiger partial charge in [-0.25, -0.2) is 0 Å². The normalized spacial score (nSPS) is 18.2. The molecule has 0 saturated heterocycles. The van der Waals surface area contributed by atoms with E-state index in [1.807, 2.05) is 25.2 Å². The maximum Gasteiger partial charge on any atom is 0.0355 e. The van der Waals surface area contributed by atoms with E-state index in [0.717, 1.165) is 0 Å². The van der Waals surface area contributed by atoms with Crippen LogP contribution in [-0.4, -0.2) is 0 Å². The number of benzene rings is 3. The predicted octanol–water partition coefficient (Wildman–Crippen LogP) is 14.9. The molecule has 3 unspecified atom stereocenters. The molecule has 0 N–H and O–H groups in total. The summed E-state index contributed by atoms with van der Waals surface area (Å²) < 4.78 is 0. The van der Waals surface area contributed by atoms with Crippen molar-refractivity contribution in [3.05, 3.63) is 108 Å². The van der Waals surface area contributed by atoms with Crippen LogP contribution in [0.1, 0.15) is 135 Å². The van der Waals surface area contributed by atoms with Crippen LogP contribution < -0.4 is 0 Å². The third-order valence-corrected chi connectivity index (χ3v) is 10.8. The first-order valence-corrected chi connectivity index (χ1v) is 19.1. The maximum atomic E-state index is 2.62. The van der Waals surface area contributed by atoms with E-state index >= 15 is 0 Å². The maximum absolute atomic E-state index is 2.62. The molecule has 0 spiro atoms. The van der Waals surface area contributed by atoms with Gasteiger partial charge < -0.3 is 0 Å². The van der Waals surface area contributed by atoms with Crippen LogP contribution in [-0.2, 0) is 0 Å². The fourth-order valence-electron chi connectivity index (χ4n) is 7.30. The predicted molar refractivity (Wildman–Crippen MR) is 204 cm³/mol. The van der Waals surface area contributed by atoms with Gasteiger partial charge in [0.15, 0.2) is 0 Å². The Kier molecular flexibility index (Phi) is 14.7. The molecule has 0 nitrogen and oxygen atoms in total. The summed E-state index contributed by atoms with van der Waals surface area (Å²) in [7, 11) is 0. The summed E-state index contributed by atoms with van der Waals surface area (Å²) >= 11 is 1.95. The zero-order valence-electron chi connectivity index (χ0n) is 28.9. The zero-order valence-corrected chi connectivity index (χ0v) is 29.7. The lowest BCUT2D eigenvalue weighted by Crippen LogP contribution is -2.11. The standard InChI is InChI=1S/C42H52S.C2H6/c1-4-7-10-13-19-34-26-25-33(18-12-9-6-3)36(22-14-11-8-5-2)38-28-27-35(31-40(34)38)41-29-30-42(43-41)39-24-17-21-32-20-15-16-23-37(32)39;1-2/h6,9,12,15-18,20-21,23-24,27-31,33-34,36H,4-5,7-8,10-11,13-14,19,22,25-26H2,1-3H3;1-2H3/b9-6-,18-12-;. The average molecular weight is 619 g/mol. The van der Waals surface area contributed by atoms with Gasteiger partial charge in [-0.3, -0.25) is 0 Å². The van der Waals surface area contributed by atoms with Gasteiger partial charge in [0.05, 0.1) is 0 Å². The minimum atomic E-state index is 0.623. The monoisotopic (exact) mass is 618 g/mol. The number of allylic oxidation sites excluding steroid dienone is 4. The first-order chi connectivity index (χ1) is 22.2. The molecule has 0 radical (unpaired) electrons. The molecule has 0 amide bonds. The van der Waals surface area contributed by atoms with Crippen LogP contribution in [0.15, 0.2) is 97.1 Å². The SMILES string of the molecule is C/C=C\C=C/C1CCC(CCCCCC)c2cc(-c3ccc(-c4cccc5ccccc45)s3)ccc2C1CCCCCC.CC. The van der Waals surface area contributed by atoms with Gasteiger partial charge in [-0.2, -0.15) is 0 Å². The third kappa shape index (κ3) is 9.32. The van der Waals surface area contributed by atoms with Gasteiger partial charge in [0, 0.05) is 9.75 Å². The molecule has 1 heteroatoms. The number of fused-ring (bicyclic) bond motifs is 2. The highest BCUT2D eigenvalue weighted by Gasteiger charge is 2.30. The van der Waals surface area contributed by atoms with Gasteiger partial charge in [-0.15, -0.1) is 11.3 Å². The van der Waals surface area contributed by atoms with E-state index in [1.165, 1.54) is 109 Å². The Morgan fingerprint density at radius 3 is 2.20 bits per heavy atom. The molecular formula is C44H58S. The molecule has 0 bridgehead atoms. The minimum absolute atomic E-state index is 0.623. The molecule has 0 saturated carbocycles. The summed E-state index contributed by atoms with van der Waals surface area (Å²) in [5.41, 5.74) is 6.07. The van der Waals surface area contributed by atoms with Crippen LogP contribution in [0.5, 0.6) is 0 Å². The Balaban J connectivity index is 0.00000226. The summed E-state index contributed by atoms with van der Waals surface area (Å²) in [6.45, 7) is 10.8. The molecule has 4 aromatic rings. The van der Waals surface area contributed by atoms with Gasteiger partial charge in [-0.05, 0) is 102 Å². The minimum Gasteiger partial charge on any atom is -0.135 e. The van der Waals surface area contributed by atoms with E-state index in [0.29, 0.717) is 17.8 Å². The molecule has 1 heterocycles. The lowest BCUT2D eigenvalue weighted by Gasteiger charge is -2.25. The van der Waals surface area contributed by atoms with Gasteiger partial charge in [0.25, 0.3) is 0 Å². The Morgan fingerprint density at radius 2 is 1.42 bits per heavy atom. The fraction of sp³-hybridized carbons (Fsp3) is 0.455. The number of thiophene rings is 1. The topological polar surface area (TPSA) is 0 Å². The van der Waals surface area contributed by atoms with Crippen molar-refractivity contribution in [1.29, 1.82) is 0 Å². The first-order valence-electron chi connectivity index (χ1n) is 18.2. The van der Waals surface area contributed by atoms with Gasteiger partial charge in [-0.1, -0.05) is 158 Å². The second kappa shape index (κ2) is 18.9. The molecule has 5 rings (SSSR count). The van der Waals surface area contributed by atoms with Crippen LogP contribution in [0, 0.1) is 5.92 Å². The van der Waals surface area contributed by atoms with Gasteiger partial charge >= 0.3 is 0 Å². The highest BCUT2D eigenvalue weighted by molar-refractivity contribution is 7.18. The van der Waals surface area contributed by atoms with Gasteiger partial charge in [0.2, 0.25) is 0 Å². The van der Waals surface area contributed by atoms with Crippen LogP contribution >= 0.6 is 11.3 Å². The summed E-state index contributed by atoms with van der Waals surface area (Å²) in [4.78, 5) is 2.75. The highest BCUT2D eigenvalue weighted by Crippen LogP contribution is 2.47. The molecule has 3 atom stereocenters. The van der Waals surface area contributed by atoms with Crippen molar-refractivity contribution < 1.29 is 0 Å². The van der Waals surface area contributed by atoms with Crippen LogP contribution in [0.4, 0.5) is 0 Å². The summed E-state index contributed by atoms with van der Waals surface area (Å²) in [5, 5.41) is 2.66. The zero-order chi connectivity index (χ0) is 31.9. The third-order valence-electron chi connectivity index (χ3n) is 9.67. The summed E-state index contributed by atoms with van der Waals surface area (Å²) in [5.74, 6) is 1.92. The van der Waals surface area contributed by atoms with Crippen molar-refractivity contribution in [2.24, 2.45) is 5.92 Å². The molecule has 0 aliphatic heterocycles. The van der Waals surface area contributed by atoms with Crippen LogP contribution in [0.25, 0.3) is 31.7 Å². The Morgan fingerprint density at radius 1 is 0.689 bits per heavy atom. The fourth-order valence-corrected chi connectivity index (χ4v) is 8.35. The molecule has 1 aliphatic carbocycles. The average Bonchev–Trinajstić information content (AvgIpc) is 3.53. The first kappa shape index (κ1) is 35.0. The Bertz CT molecular complexity index is 1480. The quantitative estimate of drug-likeness (QED) is 0.0749. The molecule has 1 aromatic heterocycles. The molecular weight excluding hydrogens is 561 g/mol. The summed E-state index contributed by atoms with van der Waals surface area (Å²) in [6.07, 6.45) is 25.2. The van der Waals surface area contributed by atoms with Crippen molar-refractivity contribution in [2.75, 3.05) is 0 Å². The van der Waals surface area contributed by atoms with Crippen molar-refractivity contribution in [2.45, 2.75) is 124 Å². The van der Waals surface area contributed by atoms with Crippen molar-refractivity contribution in [3.8, 4) is 20.9 Å². The molecule has 3 aromatic carbocycles. The van der Waals surface area contributed by atoms with Crippen molar-refractivity contribution in [3.63, 3.8) is 0 Å². The molecule has 0 fully saturated rings. The largest absolute Gasteiger partial charge is 0.135 e. The van der Waals surface area contributed by atoms with E-state index in [2.05, 4.69) is 118 Å². The van der Waals surface area contributed by atoms with E-state index < -0.39 is 0 Å². The molecule has 240 valence electrons. The van der Waals surface area contributed by atoms with Crippen molar-refractivity contribution in [1.82, 2.24) is 0 Å². The second-order valence-electron chi connectivity index (χ2n) is 12.7. The van der Waals surface area contributed by atoms with E-state index in [-0.39, 0.29) is 0 Å². The van der Waals surface area contributed by atoms with E-state index in [4.69, 9.17) is 0 Å². The molecule has 45 heavy (non-hydrogen) atoms. The van der Waals surface area contributed by atoms with E-state index in [9.17, 15) is 0 Å². The number of hydrogen-bond donors (Lipinski definition) is 0. The number of unbranched alkanes of at least 4 members (excludes halogenated alkanes) is 6. The van der Waals surface area contributed by atoms with Gasteiger partial charge in [0.1, 0.15) is 0 Å². The van der Waals surface area contributed by atoms with Crippen LogP contribution in [0.2, 0.25) is 0 Å². The Labute approximate surface area is 279 Å². The van der Waals surface area contributed by atoms with Crippen LogP contribution in [0.3, 0.4) is 0 Å². The smallest absolute Gasteiger partial charge is 0.0355 e. The second-order valence-corrected chi connectivity index (χ2v) is 13.8. The van der Waals surface area contributed by atoms with Crippen molar-refractivity contribution >= 4 is 22.1 Å². The molecule has 1 aliphatic rings. The summed E-state index contributed by atoms with van der Waals surface area (Å²) in [6, 6.07) is 27.8. The number of rotatable bonds is 14. The lowest BCUT2D eigenvalue weighted by atomic mass is 9.79. The Hall–Kier alpha value is -2.90. The highest BCUT2D eigenvalue weighted by atomic mass is 32.1. The number of hydrogen-bond acceptors (Lipinski definition) is 1. The lowest BCUT2D eigenvalue weighted by molar-refractivity contribution is 0.419.